The summed E-state index contributed by atoms with van der Waals surface area (Å²) in [7, 11) is 3.25. The number of likely N-dealkylation sites (N-methyl/N-ethyl adjacent to an activating group) is 1. The first-order valence-corrected chi connectivity index (χ1v) is 5.63. The first-order chi connectivity index (χ1) is 8.02. The van der Waals surface area contributed by atoms with E-state index in [1.807, 2.05) is 6.92 Å². The molecule has 0 saturated heterocycles. The van der Waals surface area contributed by atoms with Crippen molar-refractivity contribution in [2.45, 2.75) is 19.9 Å². The van der Waals surface area contributed by atoms with Gasteiger partial charge < -0.3 is 19.7 Å². The molecule has 6 heteroatoms. The molecule has 2 amide bonds. The van der Waals surface area contributed by atoms with Crippen LogP contribution in [0.3, 0.4) is 0 Å². The fourth-order valence-corrected chi connectivity index (χ4v) is 1.14. The second-order valence-corrected chi connectivity index (χ2v) is 3.69. The van der Waals surface area contributed by atoms with Crippen LogP contribution < -0.4 is 5.32 Å². The van der Waals surface area contributed by atoms with Gasteiger partial charge in [0.15, 0.2) is 0 Å². The van der Waals surface area contributed by atoms with Crippen LogP contribution in [0.25, 0.3) is 0 Å². The van der Waals surface area contributed by atoms with Crippen LogP contribution in [0.4, 0.5) is 0 Å². The molecule has 0 bridgehead atoms. The summed E-state index contributed by atoms with van der Waals surface area (Å²) in [4.78, 5) is 24.6. The molecular weight excluding hydrogens is 224 g/mol. The topological polar surface area (TPSA) is 67.9 Å². The molecule has 1 unspecified atom stereocenters. The Bertz CT molecular complexity index is 246. The Kier molecular flexibility index (Phi) is 8.35. The van der Waals surface area contributed by atoms with E-state index in [9.17, 15) is 9.59 Å². The zero-order valence-corrected chi connectivity index (χ0v) is 11.0. The summed E-state index contributed by atoms with van der Waals surface area (Å²) in [6.45, 7) is 4.89. The van der Waals surface area contributed by atoms with Crippen molar-refractivity contribution in [3.8, 4) is 0 Å². The Balaban J connectivity index is 3.83. The van der Waals surface area contributed by atoms with Crippen LogP contribution in [0.2, 0.25) is 0 Å². The Morgan fingerprint density at radius 3 is 2.53 bits per heavy atom. The van der Waals surface area contributed by atoms with E-state index in [4.69, 9.17) is 9.47 Å². The quantitative estimate of drug-likeness (QED) is 0.593. The Morgan fingerprint density at radius 1 is 1.35 bits per heavy atom. The lowest BCUT2D eigenvalue weighted by Crippen LogP contribution is -2.46. The van der Waals surface area contributed by atoms with Gasteiger partial charge in [0.25, 0.3) is 0 Å². The lowest BCUT2D eigenvalue weighted by atomic mass is 10.3. The normalized spacial score (nSPS) is 12.0. The minimum Gasteiger partial charge on any atom is -0.382 e. The number of carbonyl (C=O) groups is 2. The average molecular weight is 246 g/mol. The van der Waals surface area contributed by atoms with Gasteiger partial charge in [-0.3, -0.25) is 9.59 Å². The fraction of sp³-hybridized carbons (Fsp3) is 0.818. The van der Waals surface area contributed by atoms with Gasteiger partial charge in [-0.15, -0.1) is 0 Å². The lowest BCUT2D eigenvalue weighted by molar-refractivity contribution is -0.136. The highest BCUT2D eigenvalue weighted by Crippen LogP contribution is 1.91. The van der Waals surface area contributed by atoms with Crippen LogP contribution in [0, 0.1) is 0 Å². The second-order valence-electron chi connectivity index (χ2n) is 3.69. The van der Waals surface area contributed by atoms with E-state index in [-0.39, 0.29) is 18.4 Å². The van der Waals surface area contributed by atoms with Crippen molar-refractivity contribution < 1.29 is 19.1 Å². The molecule has 0 saturated carbocycles. The summed E-state index contributed by atoms with van der Waals surface area (Å²) in [5.74, 6) is -0.413. The number of amides is 2. The number of ether oxygens (including phenoxy) is 2. The minimum atomic E-state index is -0.529. The first kappa shape index (κ1) is 15.9. The van der Waals surface area contributed by atoms with Gasteiger partial charge in [0.1, 0.15) is 12.6 Å². The monoisotopic (exact) mass is 246 g/mol. The molecule has 100 valence electrons. The van der Waals surface area contributed by atoms with Crippen LogP contribution >= 0.6 is 0 Å². The molecule has 0 aliphatic carbocycles. The Hall–Kier alpha value is -1.14. The highest BCUT2D eigenvalue weighted by molar-refractivity contribution is 5.87. The number of nitrogens with zero attached hydrogens (tertiary/aromatic N) is 1. The summed E-state index contributed by atoms with van der Waals surface area (Å²) in [5.41, 5.74) is 0. The minimum absolute atomic E-state index is 0.0587. The molecule has 0 aromatic carbocycles. The van der Waals surface area contributed by atoms with E-state index >= 15 is 0 Å². The molecular formula is C11H22N2O4. The molecule has 0 heterocycles. The van der Waals surface area contributed by atoms with Gasteiger partial charge >= 0.3 is 0 Å². The highest BCUT2D eigenvalue weighted by Gasteiger charge is 2.18. The van der Waals surface area contributed by atoms with E-state index in [1.54, 1.807) is 26.0 Å². The third-order valence-electron chi connectivity index (χ3n) is 2.26. The van der Waals surface area contributed by atoms with E-state index in [0.717, 1.165) is 0 Å². The summed E-state index contributed by atoms with van der Waals surface area (Å²) < 4.78 is 9.81. The van der Waals surface area contributed by atoms with E-state index in [2.05, 4.69) is 5.32 Å². The van der Waals surface area contributed by atoms with Crippen LogP contribution in [-0.4, -0.2) is 63.3 Å². The number of hydrogen-bond donors (Lipinski definition) is 1. The maximum absolute atomic E-state index is 11.6. The largest absolute Gasteiger partial charge is 0.382 e. The zero-order valence-electron chi connectivity index (χ0n) is 11.0. The van der Waals surface area contributed by atoms with Crippen molar-refractivity contribution >= 4 is 11.8 Å². The van der Waals surface area contributed by atoms with E-state index in [0.29, 0.717) is 19.8 Å². The maximum atomic E-state index is 11.6. The molecule has 0 rings (SSSR count). The second kappa shape index (κ2) is 8.95. The highest BCUT2D eigenvalue weighted by atomic mass is 16.5. The third kappa shape index (κ3) is 6.91. The van der Waals surface area contributed by atoms with Crippen LogP contribution in [0.1, 0.15) is 13.8 Å². The van der Waals surface area contributed by atoms with Crippen molar-refractivity contribution in [3.05, 3.63) is 0 Å². The molecule has 17 heavy (non-hydrogen) atoms. The number of nitrogens with one attached hydrogen (secondary N) is 1. The van der Waals surface area contributed by atoms with Crippen LogP contribution in [0.15, 0.2) is 0 Å². The summed E-state index contributed by atoms with van der Waals surface area (Å²) >= 11 is 0. The van der Waals surface area contributed by atoms with Gasteiger partial charge in [0, 0.05) is 20.7 Å². The predicted molar refractivity (Wildman–Crippen MR) is 63.6 cm³/mol. The smallest absolute Gasteiger partial charge is 0.246 e. The molecule has 0 fully saturated rings. The predicted octanol–water partition coefficient (Wildman–Crippen LogP) is -0.368. The molecule has 0 aromatic heterocycles. The number of rotatable bonds is 8. The third-order valence-corrected chi connectivity index (χ3v) is 2.26. The molecule has 0 aromatic rings. The van der Waals surface area contributed by atoms with Crippen molar-refractivity contribution in [2.24, 2.45) is 0 Å². The van der Waals surface area contributed by atoms with E-state index in [1.165, 1.54) is 0 Å². The maximum Gasteiger partial charge on any atom is 0.246 e. The van der Waals surface area contributed by atoms with Crippen molar-refractivity contribution in [1.29, 1.82) is 0 Å². The van der Waals surface area contributed by atoms with Gasteiger partial charge in [0.05, 0.1) is 13.2 Å². The van der Waals surface area contributed by atoms with Gasteiger partial charge in [-0.25, -0.2) is 0 Å². The molecule has 0 aliphatic rings. The SMILES string of the molecule is CCN(C)C(=O)C(C)NC(=O)COCCOC. The van der Waals surface area contributed by atoms with Gasteiger partial charge in [-0.1, -0.05) is 0 Å². The summed E-state index contributed by atoms with van der Waals surface area (Å²) in [6.07, 6.45) is 0. The fourth-order valence-electron chi connectivity index (χ4n) is 1.14. The van der Waals surface area contributed by atoms with Gasteiger partial charge in [-0.05, 0) is 13.8 Å². The van der Waals surface area contributed by atoms with Gasteiger partial charge in [-0.2, -0.15) is 0 Å². The van der Waals surface area contributed by atoms with Crippen LogP contribution in [-0.2, 0) is 19.1 Å². The van der Waals surface area contributed by atoms with Gasteiger partial charge in [0.2, 0.25) is 11.8 Å². The zero-order chi connectivity index (χ0) is 13.3. The molecule has 0 aliphatic heterocycles. The molecule has 1 N–H and O–H groups in total. The molecule has 1 atom stereocenters. The number of hydrogen-bond acceptors (Lipinski definition) is 4. The Morgan fingerprint density at radius 2 is 2.00 bits per heavy atom. The van der Waals surface area contributed by atoms with Crippen molar-refractivity contribution in [1.82, 2.24) is 10.2 Å². The Labute approximate surface area is 102 Å². The molecule has 0 spiro atoms. The average Bonchev–Trinajstić information content (AvgIpc) is 2.32. The van der Waals surface area contributed by atoms with Crippen molar-refractivity contribution in [3.63, 3.8) is 0 Å². The standard InChI is InChI=1S/C11H22N2O4/c1-5-13(3)11(15)9(2)12-10(14)8-17-7-6-16-4/h9H,5-8H2,1-4H3,(H,12,14). The summed E-state index contributed by atoms with van der Waals surface area (Å²) in [5, 5.41) is 2.58. The number of methoxy groups -OCH3 is 1. The number of carbonyl (C=O) groups excluding carboxylic acids is 2. The first-order valence-electron chi connectivity index (χ1n) is 5.63. The molecule has 6 nitrogen and oxygen atoms in total. The summed E-state index contributed by atoms with van der Waals surface area (Å²) in [6, 6.07) is -0.529. The lowest BCUT2D eigenvalue weighted by Gasteiger charge is -2.20. The van der Waals surface area contributed by atoms with Crippen molar-refractivity contribution in [2.75, 3.05) is 40.5 Å². The molecule has 0 radical (unpaired) electrons. The van der Waals surface area contributed by atoms with Crippen LogP contribution in [0.5, 0.6) is 0 Å². The van der Waals surface area contributed by atoms with E-state index < -0.39 is 6.04 Å².